The molecule has 1 amide bonds. The Bertz CT molecular complexity index is 886. The highest BCUT2D eigenvalue weighted by Crippen LogP contribution is 2.39. The van der Waals surface area contributed by atoms with E-state index in [0.29, 0.717) is 6.54 Å². The SMILES string of the molecule is CC(C)(C)OC(=O)N1CCO[C@@H]2CN(S(=O)(=O)c3c(Cl)ccc(N)c3O)C[C@H]21. The second-order valence-corrected chi connectivity index (χ2v) is 10.1. The van der Waals surface area contributed by atoms with Gasteiger partial charge in [0.05, 0.1) is 29.5 Å². The molecule has 2 fully saturated rings. The van der Waals surface area contributed by atoms with E-state index in [1.165, 1.54) is 17.0 Å². The number of hydrogen-bond acceptors (Lipinski definition) is 7. The molecule has 2 aliphatic rings. The highest BCUT2D eigenvalue weighted by Gasteiger charge is 2.48. The van der Waals surface area contributed by atoms with Crippen molar-refractivity contribution in [2.45, 2.75) is 43.4 Å². The first-order chi connectivity index (χ1) is 12.9. The number of anilines is 1. The van der Waals surface area contributed by atoms with Gasteiger partial charge in [-0.2, -0.15) is 4.31 Å². The van der Waals surface area contributed by atoms with Crippen LogP contribution in [0.5, 0.6) is 5.75 Å². The van der Waals surface area contributed by atoms with Gasteiger partial charge in [-0.05, 0) is 32.9 Å². The second-order valence-electron chi connectivity index (χ2n) is 7.79. The van der Waals surface area contributed by atoms with Crippen LogP contribution in [0.2, 0.25) is 5.02 Å². The van der Waals surface area contributed by atoms with E-state index in [4.69, 9.17) is 26.8 Å². The Morgan fingerprint density at radius 2 is 2.04 bits per heavy atom. The molecule has 3 N–H and O–H groups in total. The van der Waals surface area contributed by atoms with Crippen LogP contribution in [0.15, 0.2) is 17.0 Å². The number of morpholine rings is 1. The fourth-order valence-corrected chi connectivity index (χ4v) is 5.41. The number of amides is 1. The second kappa shape index (κ2) is 7.25. The molecule has 2 heterocycles. The number of carbonyl (C=O) groups excluding carboxylic acids is 1. The molecule has 11 heteroatoms. The summed E-state index contributed by atoms with van der Waals surface area (Å²) in [4.78, 5) is 13.6. The van der Waals surface area contributed by atoms with Gasteiger partial charge in [-0.15, -0.1) is 0 Å². The molecule has 156 valence electrons. The van der Waals surface area contributed by atoms with Crippen molar-refractivity contribution < 1.29 is 27.8 Å². The van der Waals surface area contributed by atoms with E-state index in [1.807, 2.05) is 0 Å². The Balaban J connectivity index is 1.87. The zero-order valence-corrected chi connectivity index (χ0v) is 17.5. The van der Waals surface area contributed by atoms with Crippen LogP contribution < -0.4 is 5.73 Å². The normalized spacial score (nSPS) is 23.5. The van der Waals surface area contributed by atoms with Crippen molar-refractivity contribution in [2.24, 2.45) is 0 Å². The maximum atomic E-state index is 13.1. The molecule has 3 rings (SSSR count). The summed E-state index contributed by atoms with van der Waals surface area (Å²) in [6.45, 7) is 5.89. The number of nitrogens with two attached hydrogens (primary N) is 1. The van der Waals surface area contributed by atoms with E-state index in [0.717, 1.165) is 4.31 Å². The van der Waals surface area contributed by atoms with Gasteiger partial charge in [0.25, 0.3) is 0 Å². The van der Waals surface area contributed by atoms with Gasteiger partial charge in [0.2, 0.25) is 10.0 Å². The van der Waals surface area contributed by atoms with E-state index in [9.17, 15) is 18.3 Å². The highest BCUT2D eigenvalue weighted by molar-refractivity contribution is 7.89. The first-order valence-electron chi connectivity index (χ1n) is 8.80. The van der Waals surface area contributed by atoms with Crippen LogP contribution in [0.25, 0.3) is 0 Å². The molecular formula is C17H24ClN3O6S. The van der Waals surface area contributed by atoms with Crippen LogP contribution in [-0.2, 0) is 19.5 Å². The summed E-state index contributed by atoms with van der Waals surface area (Å²) in [7, 11) is -4.15. The molecule has 1 aromatic carbocycles. The molecule has 0 aliphatic carbocycles. The highest BCUT2D eigenvalue weighted by atomic mass is 35.5. The first kappa shape index (κ1) is 21.0. The standard InChI is InChI=1S/C17H24ClN3O6S/c1-17(2,3)27-16(23)21-6-7-26-13-9-20(8-12(13)21)28(24,25)15-10(18)4-5-11(19)14(15)22/h4-5,12-13,22H,6-9,19H2,1-3H3/t12-,13-/m1/s1. The Labute approximate surface area is 169 Å². The van der Waals surface area contributed by atoms with Crippen molar-refractivity contribution in [2.75, 3.05) is 32.0 Å². The smallest absolute Gasteiger partial charge is 0.410 e. The number of nitrogen functional groups attached to an aromatic ring is 1. The first-order valence-corrected chi connectivity index (χ1v) is 10.6. The monoisotopic (exact) mass is 433 g/mol. The summed E-state index contributed by atoms with van der Waals surface area (Å²) in [5, 5.41) is 10.0. The van der Waals surface area contributed by atoms with E-state index >= 15 is 0 Å². The molecule has 0 unspecified atom stereocenters. The number of halogens is 1. The summed E-state index contributed by atoms with van der Waals surface area (Å²) in [5.41, 5.74) is 4.87. The van der Waals surface area contributed by atoms with Crippen LogP contribution in [0.4, 0.5) is 10.5 Å². The lowest BCUT2D eigenvalue weighted by atomic mass is 10.1. The number of aromatic hydroxyl groups is 1. The molecule has 1 aromatic rings. The van der Waals surface area contributed by atoms with Gasteiger partial charge in [-0.1, -0.05) is 11.6 Å². The number of benzene rings is 1. The van der Waals surface area contributed by atoms with E-state index in [2.05, 4.69) is 0 Å². The molecule has 0 aromatic heterocycles. The quantitative estimate of drug-likeness (QED) is 0.536. The van der Waals surface area contributed by atoms with Gasteiger partial charge in [0.15, 0.2) is 5.75 Å². The van der Waals surface area contributed by atoms with Crippen molar-refractivity contribution in [3.05, 3.63) is 17.2 Å². The predicted molar refractivity (Wildman–Crippen MR) is 103 cm³/mol. The maximum Gasteiger partial charge on any atom is 0.410 e. The van der Waals surface area contributed by atoms with Crippen LogP contribution in [-0.4, -0.2) is 72.8 Å². The van der Waals surface area contributed by atoms with Gasteiger partial charge in [-0.3, -0.25) is 4.90 Å². The summed E-state index contributed by atoms with van der Waals surface area (Å²) in [6.07, 6.45) is -1.02. The van der Waals surface area contributed by atoms with Crippen molar-refractivity contribution in [3.63, 3.8) is 0 Å². The Hall–Kier alpha value is -1.75. The zero-order chi connectivity index (χ0) is 20.9. The lowest BCUT2D eigenvalue weighted by Gasteiger charge is -2.37. The van der Waals surface area contributed by atoms with Crippen molar-refractivity contribution >= 4 is 33.4 Å². The molecule has 9 nitrogen and oxygen atoms in total. The fourth-order valence-electron chi connectivity index (χ4n) is 3.33. The topological polar surface area (TPSA) is 122 Å². The van der Waals surface area contributed by atoms with Crippen molar-refractivity contribution in [3.8, 4) is 5.75 Å². The minimum Gasteiger partial charge on any atom is -0.504 e. The third-order valence-electron chi connectivity index (χ3n) is 4.61. The molecular weight excluding hydrogens is 410 g/mol. The minimum atomic E-state index is -4.15. The maximum absolute atomic E-state index is 13.1. The van der Waals surface area contributed by atoms with Gasteiger partial charge in [-0.25, -0.2) is 13.2 Å². The Kier molecular flexibility index (Phi) is 5.43. The Morgan fingerprint density at radius 3 is 2.68 bits per heavy atom. The van der Waals surface area contributed by atoms with Gasteiger partial charge in [0.1, 0.15) is 10.5 Å². The lowest BCUT2D eigenvalue weighted by molar-refractivity contribution is -0.0568. The number of sulfonamides is 1. The van der Waals surface area contributed by atoms with Crippen molar-refractivity contribution in [1.82, 2.24) is 9.21 Å². The number of carbonyl (C=O) groups is 1. The average molecular weight is 434 g/mol. The summed E-state index contributed by atoms with van der Waals surface area (Å²) in [6, 6.07) is 2.14. The van der Waals surface area contributed by atoms with Gasteiger partial charge < -0.3 is 20.3 Å². The van der Waals surface area contributed by atoms with Gasteiger partial charge >= 0.3 is 6.09 Å². The van der Waals surface area contributed by atoms with E-state index in [-0.39, 0.29) is 30.4 Å². The van der Waals surface area contributed by atoms with Crippen LogP contribution in [0.1, 0.15) is 20.8 Å². The third kappa shape index (κ3) is 3.86. The van der Waals surface area contributed by atoms with Crippen LogP contribution >= 0.6 is 11.6 Å². The average Bonchev–Trinajstić information content (AvgIpc) is 3.01. The number of rotatable bonds is 2. The van der Waals surface area contributed by atoms with Crippen molar-refractivity contribution in [1.29, 1.82) is 0 Å². The molecule has 2 atom stereocenters. The predicted octanol–water partition coefficient (Wildman–Crippen LogP) is 1.64. The van der Waals surface area contributed by atoms with Crippen LogP contribution in [0, 0.1) is 0 Å². The summed E-state index contributed by atoms with van der Waals surface area (Å²) >= 11 is 6.03. The number of nitrogens with zero attached hydrogens (tertiary/aromatic N) is 2. The molecule has 0 radical (unpaired) electrons. The minimum absolute atomic E-state index is 0.00316. The molecule has 28 heavy (non-hydrogen) atoms. The number of phenolic OH excluding ortho intramolecular Hbond substituents is 1. The molecule has 2 saturated heterocycles. The zero-order valence-electron chi connectivity index (χ0n) is 15.9. The van der Waals surface area contributed by atoms with E-state index in [1.54, 1.807) is 20.8 Å². The number of phenols is 1. The number of hydrogen-bond donors (Lipinski definition) is 2. The third-order valence-corrected chi connectivity index (χ3v) is 6.94. The molecule has 2 aliphatic heterocycles. The molecule has 0 spiro atoms. The summed E-state index contributed by atoms with van der Waals surface area (Å²) < 4.78 is 38.5. The Morgan fingerprint density at radius 1 is 1.36 bits per heavy atom. The molecule has 0 saturated carbocycles. The largest absolute Gasteiger partial charge is 0.504 e. The fraction of sp³-hybridized carbons (Fsp3) is 0.588. The molecule has 0 bridgehead atoms. The van der Waals surface area contributed by atoms with E-state index < -0.39 is 44.5 Å². The van der Waals surface area contributed by atoms with Crippen LogP contribution in [0.3, 0.4) is 0 Å². The summed E-state index contributed by atoms with van der Waals surface area (Å²) in [5.74, 6) is -0.590. The lowest BCUT2D eigenvalue weighted by Crippen LogP contribution is -2.54. The van der Waals surface area contributed by atoms with Gasteiger partial charge in [0, 0.05) is 19.6 Å². The number of ether oxygens (including phenoxy) is 2. The number of fused-ring (bicyclic) bond motifs is 1.